The van der Waals surface area contributed by atoms with E-state index in [4.69, 9.17) is 0 Å². The topological polar surface area (TPSA) is 71.5 Å². The number of sulfonamides is 1. The Morgan fingerprint density at radius 2 is 1.95 bits per heavy atom. The zero-order valence-corrected chi connectivity index (χ0v) is 12.8. The molecule has 1 fully saturated rings. The van der Waals surface area contributed by atoms with Crippen molar-refractivity contribution in [2.75, 3.05) is 0 Å². The Morgan fingerprint density at radius 1 is 1.33 bits per heavy atom. The van der Waals surface area contributed by atoms with Gasteiger partial charge in [0.1, 0.15) is 17.4 Å². The van der Waals surface area contributed by atoms with Crippen molar-refractivity contribution >= 4 is 22.2 Å². The van der Waals surface area contributed by atoms with Gasteiger partial charge in [0.25, 0.3) is 0 Å². The Kier molecular flexibility index (Phi) is 3.65. The highest BCUT2D eigenvalue weighted by Gasteiger charge is 2.50. The van der Waals surface area contributed by atoms with Crippen LogP contribution in [0.4, 0.5) is 4.39 Å². The number of carbonyl (C=O) groups excluding carboxylic acids is 2. The molecule has 21 heavy (non-hydrogen) atoms. The molecule has 0 N–H and O–H groups in total. The van der Waals surface area contributed by atoms with Crippen molar-refractivity contribution in [1.82, 2.24) is 4.31 Å². The summed E-state index contributed by atoms with van der Waals surface area (Å²) < 4.78 is 39.9. The fourth-order valence-corrected chi connectivity index (χ4v) is 4.76. The fraction of sp³-hybridized carbons (Fsp3) is 0.429. The molecular formula is C14H16FNO4S. The number of halogens is 1. The van der Waals surface area contributed by atoms with E-state index in [0.29, 0.717) is 6.29 Å². The predicted molar refractivity (Wildman–Crippen MR) is 74.7 cm³/mol. The lowest BCUT2D eigenvalue weighted by atomic mass is 10.0. The first kappa shape index (κ1) is 15.6. The molecule has 0 bridgehead atoms. The molecule has 1 aliphatic rings. The third-order valence-corrected chi connectivity index (χ3v) is 5.72. The van der Waals surface area contributed by atoms with Crippen molar-refractivity contribution < 1.29 is 22.4 Å². The van der Waals surface area contributed by atoms with E-state index in [-0.39, 0.29) is 17.5 Å². The predicted octanol–water partition coefficient (Wildman–Crippen LogP) is 2.04. The minimum absolute atomic E-state index is 0.0827. The summed E-state index contributed by atoms with van der Waals surface area (Å²) in [5, 5.41) is -1.25. The lowest BCUT2D eigenvalue weighted by molar-refractivity contribution is -0.128. The third kappa shape index (κ3) is 2.57. The van der Waals surface area contributed by atoms with Crippen LogP contribution in [0.2, 0.25) is 0 Å². The number of nitrogens with zero attached hydrogens (tertiary/aromatic N) is 1. The second-order valence-electron chi connectivity index (χ2n) is 5.97. The monoisotopic (exact) mass is 313 g/mol. The SMILES string of the molecule is CC(C)(C)N1C(=O)CC(c2ccc(C=O)cc2F)S1(=O)=O. The van der Waals surface area contributed by atoms with Gasteiger partial charge in [0.05, 0.1) is 12.0 Å². The number of benzene rings is 1. The van der Waals surface area contributed by atoms with E-state index in [1.54, 1.807) is 20.8 Å². The van der Waals surface area contributed by atoms with Crippen LogP contribution in [0.25, 0.3) is 0 Å². The molecule has 0 spiro atoms. The summed E-state index contributed by atoms with van der Waals surface area (Å²) in [6.07, 6.45) is 0.180. The minimum atomic E-state index is -3.97. The standard InChI is InChI=1S/C14H16FNO4S/c1-14(2,3)16-13(18)7-12(21(16,19)20)10-5-4-9(8-17)6-11(10)15/h4-6,8,12H,7H2,1-3H3. The van der Waals surface area contributed by atoms with Gasteiger partial charge in [-0.25, -0.2) is 17.1 Å². The quantitative estimate of drug-likeness (QED) is 0.783. The van der Waals surface area contributed by atoms with Crippen LogP contribution >= 0.6 is 0 Å². The first-order valence-corrected chi connectivity index (χ1v) is 7.91. The van der Waals surface area contributed by atoms with Crippen molar-refractivity contribution in [2.45, 2.75) is 38.0 Å². The van der Waals surface area contributed by atoms with E-state index in [0.717, 1.165) is 10.4 Å². The van der Waals surface area contributed by atoms with Gasteiger partial charge in [0.15, 0.2) is 0 Å². The molecule has 1 aliphatic heterocycles. The van der Waals surface area contributed by atoms with E-state index >= 15 is 0 Å². The Bertz CT molecular complexity index is 706. The van der Waals surface area contributed by atoms with Crippen LogP contribution in [-0.4, -0.2) is 30.5 Å². The first-order chi connectivity index (χ1) is 9.59. The minimum Gasteiger partial charge on any atom is -0.298 e. The van der Waals surface area contributed by atoms with Crippen LogP contribution in [0.15, 0.2) is 18.2 Å². The lowest BCUT2D eigenvalue weighted by Crippen LogP contribution is -2.45. The second kappa shape index (κ2) is 4.91. The molecule has 1 atom stereocenters. The van der Waals surface area contributed by atoms with Gasteiger partial charge in [-0.1, -0.05) is 12.1 Å². The molecule has 0 radical (unpaired) electrons. The normalized spacial score (nSPS) is 21.6. The van der Waals surface area contributed by atoms with Crippen molar-refractivity contribution in [2.24, 2.45) is 0 Å². The average molecular weight is 313 g/mol. The fourth-order valence-electron chi connectivity index (χ4n) is 2.52. The molecular weight excluding hydrogens is 297 g/mol. The molecule has 2 rings (SSSR count). The highest BCUT2D eigenvalue weighted by Crippen LogP contribution is 2.40. The van der Waals surface area contributed by atoms with Gasteiger partial charge in [-0.15, -0.1) is 0 Å². The van der Waals surface area contributed by atoms with Crippen LogP contribution in [-0.2, 0) is 14.8 Å². The van der Waals surface area contributed by atoms with Crippen LogP contribution in [0, 0.1) is 5.82 Å². The second-order valence-corrected chi connectivity index (χ2v) is 7.93. The van der Waals surface area contributed by atoms with Crippen molar-refractivity contribution in [3.63, 3.8) is 0 Å². The largest absolute Gasteiger partial charge is 0.298 e. The van der Waals surface area contributed by atoms with Crippen molar-refractivity contribution in [3.8, 4) is 0 Å². The highest BCUT2D eigenvalue weighted by atomic mass is 32.2. The molecule has 0 saturated carbocycles. The highest BCUT2D eigenvalue weighted by molar-refractivity contribution is 7.90. The van der Waals surface area contributed by atoms with Gasteiger partial charge in [-0.2, -0.15) is 0 Å². The van der Waals surface area contributed by atoms with Crippen LogP contribution in [0.5, 0.6) is 0 Å². The summed E-state index contributed by atoms with van der Waals surface area (Å²) in [7, 11) is -3.97. The van der Waals surface area contributed by atoms with Crippen LogP contribution in [0.1, 0.15) is 48.4 Å². The van der Waals surface area contributed by atoms with Gasteiger partial charge >= 0.3 is 0 Å². The molecule has 1 heterocycles. The molecule has 1 saturated heterocycles. The van der Waals surface area contributed by atoms with Crippen molar-refractivity contribution in [1.29, 1.82) is 0 Å². The summed E-state index contributed by atoms with van der Waals surface area (Å²) >= 11 is 0. The average Bonchev–Trinajstić information content (AvgIpc) is 2.58. The van der Waals surface area contributed by atoms with Gasteiger partial charge in [-0.3, -0.25) is 9.59 Å². The summed E-state index contributed by atoms with van der Waals surface area (Å²) in [4.78, 5) is 22.6. The Balaban J connectivity index is 2.52. The summed E-state index contributed by atoms with van der Waals surface area (Å²) in [5.41, 5.74) is -0.865. The zero-order chi connectivity index (χ0) is 16.0. The number of amides is 1. The molecule has 5 nitrogen and oxygen atoms in total. The maximum Gasteiger partial charge on any atom is 0.245 e. The summed E-state index contributed by atoms with van der Waals surface area (Å²) in [6.45, 7) is 4.82. The van der Waals surface area contributed by atoms with Gasteiger partial charge in [0.2, 0.25) is 15.9 Å². The lowest BCUT2D eigenvalue weighted by Gasteiger charge is -2.30. The molecule has 0 aromatic heterocycles. The van der Waals surface area contributed by atoms with Crippen LogP contribution < -0.4 is 0 Å². The zero-order valence-electron chi connectivity index (χ0n) is 12.0. The number of carbonyl (C=O) groups is 2. The first-order valence-electron chi connectivity index (χ1n) is 6.40. The molecule has 1 aromatic rings. The molecule has 7 heteroatoms. The number of rotatable bonds is 2. The third-order valence-electron chi connectivity index (χ3n) is 3.32. The van der Waals surface area contributed by atoms with E-state index in [2.05, 4.69) is 0 Å². The smallest absolute Gasteiger partial charge is 0.245 e. The Morgan fingerprint density at radius 3 is 2.38 bits per heavy atom. The molecule has 1 amide bonds. The number of aldehydes is 1. The summed E-state index contributed by atoms with van der Waals surface area (Å²) in [6, 6.07) is 3.56. The van der Waals surface area contributed by atoms with Crippen molar-refractivity contribution in [3.05, 3.63) is 35.1 Å². The van der Waals surface area contributed by atoms with Crippen LogP contribution in [0.3, 0.4) is 0 Å². The Labute approximate surface area is 122 Å². The molecule has 114 valence electrons. The Hall–Kier alpha value is -1.76. The van der Waals surface area contributed by atoms with E-state index in [9.17, 15) is 22.4 Å². The van der Waals surface area contributed by atoms with E-state index < -0.39 is 32.5 Å². The van der Waals surface area contributed by atoms with Gasteiger partial charge < -0.3 is 0 Å². The van der Waals surface area contributed by atoms with Gasteiger partial charge in [-0.05, 0) is 26.8 Å². The number of hydrogen-bond donors (Lipinski definition) is 0. The maximum atomic E-state index is 14.0. The van der Waals surface area contributed by atoms with E-state index in [1.807, 2.05) is 0 Å². The number of hydrogen-bond acceptors (Lipinski definition) is 4. The molecule has 0 aliphatic carbocycles. The molecule has 1 aromatic carbocycles. The molecule has 1 unspecified atom stereocenters. The van der Waals surface area contributed by atoms with E-state index in [1.165, 1.54) is 12.1 Å². The summed E-state index contributed by atoms with van der Waals surface area (Å²) in [5.74, 6) is -1.34. The maximum absolute atomic E-state index is 14.0. The van der Waals surface area contributed by atoms with Gasteiger partial charge in [0, 0.05) is 11.1 Å².